The predicted octanol–water partition coefficient (Wildman–Crippen LogP) is 13.5. The van der Waals surface area contributed by atoms with Gasteiger partial charge in [0.2, 0.25) is 5.91 Å². The predicted molar refractivity (Wildman–Crippen MR) is 226 cm³/mol. The van der Waals surface area contributed by atoms with E-state index in [1.807, 2.05) is 6.08 Å². The van der Waals surface area contributed by atoms with Gasteiger partial charge in [-0.25, -0.2) is 0 Å². The molecule has 0 aromatic heterocycles. The number of aliphatic hydroxyl groups excluding tert-OH is 1. The fraction of sp³-hybridized carbons (Fsp3) is 0.889. The van der Waals surface area contributed by atoms with Crippen LogP contribution in [0, 0.1) is 0 Å². The van der Waals surface area contributed by atoms with Crippen LogP contribution in [0.25, 0.3) is 0 Å². The zero-order valence-electron chi connectivity index (χ0n) is 34.4. The average Bonchev–Trinajstić information content (AvgIpc) is 3.11. The van der Waals surface area contributed by atoms with Gasteiger partial charge in [-0.1, -0.05) is 224 Å². The molecule has 0 aliphatic heterocycles. The number of hydrogen-bond donors (Lipinski definition) is 3. The Bertz CT molecular complexity index is 919. The summed E-state index contributed by atoms with van der Waals surface area (Å²) in [4.78, 5) is 12.5. The Kier molecular flexibility index (Phi) is 38.6. The number of carbonyl (C=O) groups is 1. The van der Waals surface area contributed by atoms with Gasteiger partial charge in [0.1, 0.15) is 0 Å². The molecule has 0 bridgehead atoms. The first kappa shape index (κ1) is 50.8. The normalized spacial score (nSPS) is 13.4. The van der Waals surface area contributed by atoms with E-state index in [1.165, 1.54) is 186 Å². The van der Waals surface area contributed by atoms with E-state index < -0.39 is 28.0 Å². The van der Waals surface area contributed by atoms with E-state index >= 15 is 0 Å². The molecular formula is C45H87NO5S. The van der Waals surface area contributed by atoms with E-state index in [2.05, 4.69) is 31.3 Å². The molecule has 2 unspecified atom stereocenters. The highest BCUT2D eigenvalue weighted by Gasteiger charge is 2.24. The minimum atomic E-state index is -4.35. The Balaban J connectivity index is 3.85. The molecule has 6 nitrogen and oxygen atoms in total. The largest absolute Gasteiger partial charge is 0.387 e. The van der Waals surface area contributed by atoms with Gasteiger partial charge in [0.05, 0.1) is 17.9 Å². The number of hydrogen-bond acceptors (Lipinski definition) is 4. The summed E-state index contributed by atoms with van der Waals surface area (Å²) in [6.07, 6.45) is 50.3. The molecule has 2 atom stereocenters. The van der Waals surface area contributed by atoms with Crippen molar-refractivity contribution < 1.29 is 22.9 Å². The SMILES string of the molecule is CCCCCCCCCCCC/C=C/CC/C=C/C(O)C(CS(=O)(=O)O)NC(=O)CCCCCCCCCCCCCCCCCCCCCCC. The Hall–Kier alpha value is -1.18. The van der Waals surface area contributed by atoms with E-state index in [1.54, 1.807) is 0 Å². The number of aliphatic hydroxyl groups is 1. The van der Waals surface area contributed by atoms with Crippen LogP contribution in [0.1, 0.15) is 239 Å². The zero-order valence-corrected chi connectivity index (χ0v) is 35.3. The highest BCUT2D eigenvalue weighted by Crippen LogP contribution is 2.16. The van der Waals surface area contributed by atoms with Gasteiger partial charge in [-0.3, -0.25) is 9.35 Å². The second-order valence-corrected chi connectivity index (χ2v) is 17.2. The minimum absolute atomic E-state index is 0.284. The van der Waals surface area contributed by atoms with Crippen LogP contribution in [0.2, 0.25) is 0 Å². The number of amides is 1. The minimum Gasteiger partial charge on any atom is -0.387 e. The van der Waals surface area contributed by atoms with Crippen molar-refractivity contribution in [1.29, 1.82) is 0 Å². The second kappa shape index (κ2) is 39.5. The molecule has 0 fully saturated rings. The summed E-state index contributed by atoms with van der Waals surface area (Å²) in [5.41, 5.74) is 0. The molecule has 3 N–H and O–H groups in total. The molecule has 0 aliphatic carbocycles. The maximum absolute atomic E-state index is 12.5. The van der Waals surface area contributed by atoms with Crippen LogP contribution < -0.4 is 5.32 Å². The first-order valence-corrected chi connectivity index (χ1v) is 24.1. The molecular weight excluding hydrogens is 667 g/mol. The number of nitrogens with one attached hydrogen (secondary N) is 1. The molecule has 7 heteroatoms. The van der Waals surface area contributed by atoms with Crippen LogP contribution >= 0.6 is 0 Å². The Morgan fingerprint density at radius 2 is 0.827 bits per heavy atom. The van der Waals surface area contributed by atoms with Crippen molar-refractivity contribution >= 4 is 16.0 Å². The highest BCUT2D eigenvalue weighted by atomic mass is 32.2. The molecule has 0 radical (unpaired) electrons. The fourth-order valence-electron chi connectivity index (χ4n) is 7.00. The molecule has 0 aliphatic rings. The lowest BCUT2D eigenvalue weighted by Gasteiger charge is -2.21. The van der Waals surface area contributed by atoms with Gasteiger partial charge >= 0.3 is 0 Å². The van der Waals surface area contributed by atoms with Crippen LogP contribution in [0.4, 0.5) is 0 Å². The summed E-state index contributed by atoms with van der Waals surface area (Å²) >= 11 is 0. The lowest BCUT2D eigenvalue weighted by molar-refractivity contribution is -0.122. The molecule has 52 heavy (non-hydrogen) atoms. The van der Waals surface area contributed by atoms with Crippen molar-refractivity contribution in [2.45, 2.75) is 251 Å². The van der Waals surface area contributed by atoms with Crippen LogP contribution in [0.15, 0.2) is 24.3 Å². The monoisotopic (exact) mass is 754 g/mol. The molecule has 0 aromatic carbocycles. The second-order valence-electron chi connectivity index (χ2n) is 15.7. The lowest BCUT2D eigenvalue weighted by atomic mass is 10.0. The summed E-state index contributed by atoms with van der Waals surface area (Å²) in [6, 6.07) is -1.07. The summed E-state index contributed by atoms with van der Waals surface area (Å²) < 4.78 is 32.5. The Morgan fingerprint density at radius 3 is 1.21 bits per heavy atom. The Labute approximate surface area is 324 Å². The van der Waals surface area contributed by atoms with Crippen LogP contribution in [0.5, 0.6) is 0 Å². The average molecular weight is 754 g/mol. The standard InChI is InChI=1S/C45H87NO5S/c1-3-5-7-9-11-13-15-17-19-21-22-23-24-25-27-29-31-33-35-37-39-41-45(48)46-43(42-52(49,50)51)44(47)40-38-36-34-32-30-28-26-20-18-16-14-12-10-8-6-4-2/h30,32,38,40,43-44,47H,3-29,31,33-37,39,41-42H2,1-2H3,(H,46,48)(H,49,50,51)/b32-30+,40-38+. The number of unbranched alkanes of at least 4 members (excludes halogenated alkanes) is 31. The van der Waals surface area contributed by atoms with Gasteiger partial charge in [-0.15, -0.1) is 0 Å². The zero-order chi connectivity index (χ0) is 38.2. The summed E-state index contributed by atoms with van der Waals surface area (Å²) in [5.74, 6) is -0.990. The van der Waals surface area contributed by atoms with Gasteiger partial charge in [-0.05, 0) is 32.1 Å². The van der Waals surface area contributed by atoms with E-state index in [9.17, 15) is 22.9 Å². The van der Waals surface area contributed by atoms with Crippen LogP contribution in [-0.2, 0) is 14.9 Å². The third-order valence-electron chi connectivity index (χ3n) is 10.4. The maximum atomic E-state index is 12.5. The van der Waals surface area contributed by atoms with Crippen LogP contribution in [0.3, 0.4) is 0 Å². The quantitative estimate of drug-likeness (QED) is 0.0328. The molecule has 0 heterocycles. The molecule has 0 saturated heterocycles. The Morgan fingerprint density at radius 1 is 0.500 bits per heavy atom. The smallest absolute Gasteiger partial charge is 0.267 e. The number of carbonyl (C=O) groups excluding carboxylic acids is 1. The molecule has 0 rings (SSSR count). The maximum Gasteiger partial charge on any atom is 0.267 e. The van der Waals surface area contributed by atoms with Crippen molar-refractivity contribution in [1.82, 2.24) is 5.32 Å². The fourth-order valence-corrected chi connectivity index (χ4v) is 7.73. The van der Waals surface area contributed by atoms with Crippen molar-refractivity contribution in [2.75, 3.05) is 5.75 Å². The van der Waals surface area contributed by atoms with Crippen molar-refractivity contribution in [3.8, 4) is 0 Å². The third kappa shape index (κ3) is 40.0. The first-order chi connectivity index (χ1) is 25.3. The van der Waals surface area contributed by atoms with Gasteiger partial charge in [0.25, 0.3) is 10.1 Å². The molecule has 0 aromatic rings. The summed E-state index contributed by atoms with van der Waals surface area (Å²) in [5, 5.41) is 13.2. The van der Waals surface area contributed by atoms with E-state index in [4.69, 9.17) is 0 Å². The van der Waals surface area contributed by atoms with E-state index in [-0.39, 0.29) is 5.91 Å². The van der Waals surface area contributed by atoms with Gasteiger partial charge < -0.3 is 10.4 Å². The van der Waals surface area contributed by atoms with E-state index in [0.717, 1.165) is 38.5 Å². The van der Waals surface area contributed by atoms with Gasteiger partial charge in [0.15, 0.2) is 0 Å². The molecule has 308 valence electrons. The number of allylic oxidation sites excluding steroid dienone is 3. The van der Waals surface area contributed by atoms with E-state index in [0.29, 0.717) is 6.42 Å². The van der Waals surface area contributed by atoms with Crippen molar-refractivity contribution in [3.63, 3.8) is 0 Å². The van der Waals surface area contributed by atoms with Crippen molar-refractivity contribution in [3.05, 3.63) is 24.3 Å². The van der Waals surface area contributed by atoms with Crippen LogP contribution in [-0.4, -0.2) is 41.9 Å². The van der Waals surface area contributed by atoms with Gasteiger partial charge in [0, 0.05) is 6.42 Å². The topological polar surface area (TPSA) is 104 Å². The molecule has 0 spiro atoms. The number of rotatable bonds is 41. The third-order valence-corrected chi connectivity index (χ3v) is 11.2. The highest BCUT2D eigenvalue weighted by molar-refractivity contribution is 7.85. The lowest BCUT2D eigenvalue weighted by Crippen LogP contribution is -2.46. The first-order valence-electron chi connectivity index (χ1n) is 22.5. The molecule has 1 amide bonds. The summed E-state index contributed by atoms with van der Waals surface area (Å²) in [7, 11) is -4.35. The van der Waals surface area contributed by atoms with Crippen molar-refractivity contribution in [2.24, 2.45) is 0 Å². The summed E-state index contributed by atoms with van der Waals surface area (Å²) in [6.45, 7) is 4.54. The molecule has 0 saturated carbocycles. The van der Waals surface area contributed by atoms with Gasteiger partial charge in [-0.2, -0.15) is 8.42 Å².